The molecule has 0 saturated heterocycles. The van der Waals surface area contributed by atoms with Crippen LogP contribution in [0.3, 0.4) is 0 Å². The van der Waals surface area contributed by atoms with E-state index in [1.165, 1.54) is 128 Å². The summed E-state index contributed by atoms with van der Waals surface area (Å²) in [5.41, 5.74) is 0. The van der Waals surface area contributed by atoms with Crippen LogP contribution in [0.25, 0.3) is 0 Å². The van der Waals surface area contributed by atoms with Crippen molar-refractivity contribution in [2.24, 2.45) is 0 Å². The number of rotatable bonds is 48. The molecule has 0 heterocycles. The largest absolute Gasteiger partial charge is 0.462 e. The minimum Gasteiger partial charge on any atom is -0.462 e. The molecule has 0 aliphatic rings. The molecule has 3 N–H and O–H groups in total. The number of unbranched alkanes of at least 4 members (excludes halogenated alkanes) is 28. The van der Waals surface area contributed by atoms with E-state index >= 15 is 0 Å². The van der Waals surface area contributed by atoms with E-state index in [4.69, 9.17) is 4.74 Å². The van der Waals surface area contributed by atoms with Crippen molar-refractivity contribution < 1.29 is 24.5 Å². The van der Waals surface area contributed by atoms with Gasteiger partial charge in [-0.05, 0) is 89.9 Å². The van der Waals surface area contributed by atoms with Crippen LogP contribution in [-0.2, 0) is 14.3 Å². The van der Waals surface area contributed by atoms with Gasteiger partial charge in [0.15, 0.2) is 0 Å². The summed E-state index contributed by atoms with van der Waals surface area (Å²) in [6.07, 6.45) is 60.2. The number of hydrogen-bond acceptors (Lipinski definition) is 5. The van der Waals surface area contributed by atoms with Crippen molar-refractivity contribution in [3.8, 4) is 0 Å². The number of amides is 1. The van der Waals surface area contributed by atoms with E-state index in [0.717, 1.165) is 96.3 Å². The number of hydrogen-bond donors (Lipinski definition) is 3. The van der Waals surface area contributed by atoms with Gasteiger partial charge in [0, 0.05) is 6.42 Å². The summed E-state index contributed by atoms with van der Waals surface area (Å²) in [4.78, 5) is 26.2. The third kappa shape index (κ3) is 44.4. The Hall–Kier alpha value is -2.18. The number of carbonyl (C=O) groups is 2. The van der Waals surface area contributed by atoms with E-state index in [1.54, 1.807) is 0 Å². The number of esters is 1. The van der Waals surface area contributed by atoms with Crippen LogP contribution in [0.15, 0.2) is 48.6 Å². The maximum absolute atomic E-state index is 13.2. The van der Waals surface area contributed by atoms with Gasteiger partial charge < -0.3 is 20.3 Å². The second-order valence-electron chi connectivity index (χ2n) is 18.3. The molecular formula is C56H103NO5. The fraction of sp³-hybridized carbons (Fsp3) is 0.821. The van der Waals surface area contributed by atoms with Crippen LogP contribution in [0.4, 0.5) is 0 Å². The molecule has 0 fully saturated rings. The molecule has 0 bridgehead atoms. The first-order valence-electron chi connectivity index (χ1n) is 26.9. The van der Waals surface area contributed by atoms with Gasteiger partial charge in [0.25, 0.3) is 0 Å². The van der Waals surface area contributed by atoms with E-state index < -0.39 is 18.2 Å². The molecule has 0 aliphatic carbocycles. The summed E-state index contributed by atoms with van der Waals surface area (Å²) in [5.74, 6) is -0.508. The normalized spacial score (nSPS) is 13.6. The SMILES string of the molecule is CCCCC/C=C\C/C=C\C/C=C\CCCCCCC(CC(=O)NC(CO)C(O)CCCCCCCCCCCCCCC)OC(=O)CCCCC/C=C\CCCCCCCC. The second-order valence-corrected chi connectivity index (χ2v) is 18.3. The van der Waals surface area contributed by atoms with Crippen molar-refractivity contribution >= 4 is 11.9 Å². The number of allylic oxidation sites excluding steroid dienone is 8. The maximum Gasteiger partial charge on any atom is 0.306 e. The van der Waals surface area contributed by atoms with Crippen molar-refractivity contribution in [3.63, 3.8) is 0 Å². The molecule has 6 nitrogen and oxygen atoms in total. The van der Waals surface area contributed by atoms with Crippen molar-refractivity contribution in [2.45, 2.75) is 289 Å². The van der Waals surface area contributed by atoms with Crippen molar-refractivity contribution in [2.75, 3.05) is 6.61 Å². The Balaban J connectivity index is 4.64. The summed E-state index contributed by atoms with van der Waals surface area (Å²) in [5, 5.41) is 23.8. The van der Waals surface area contributed by atoms with Crippen LogP contribution in [0.5, 0.6) is 0 Å². The molecule has 3 unspecified atom stereocenters. The van der Waals surface area contributed by atoms with Crippen molar-refractivity contribution in [1.29, 1.82) is 0 Å². The quantitative estimate of drug-likeness (QED) is 0.0322. The highest BCUT2D eigenvalue weighted by molar-refractivity contribution is 5.77. The summed E-state index contributed by atoms with van der Waals surface area (Å²) in [6, 6.07) is -0.711. The maximum atomic E-state index is 13.2. The molecule has 0 aromatic rings. The lowest BCUT2D eigenvalue weighted by Gasteiger charge is -2.24. The molecular weight excluding hydrogens is 767 g/mol. The number of carbonyl (C=O) groups excluding carboxylic acids is 2. The Morgan fingerprint density at radius 1 is 0.468 bits per heavy atom. The van der Waals surface area contributed by atoms with Gasteiger partial charge >= 0.3 is 5.97 Å². The molecule has 62 heavy (non-hydrogen) atoms. The van der Waals surface area contributed by atoms with Crippen molar-refractivity contribution in [1.82, 2.24) is 5.32 Å². The summed E-state index contributed by atoms with van der Waals surface area (Å²) in [7, 11) is 0. The molecule has 3 atom stereocenters. The number of ether oxygens (including phenoxy) is 1. The van der Waals surface area contributed by atoms with Crippen LogP contribution in [0.1, 0.15) is 271 Å². The third-order valence-corrected chi connectivity index (χ3v) is 12.1. The van der Waals surface area contributed by atoms with Gasteiger partial charge in [-0.25, -0.2) is 0 Å². The Kier molecular flexibility index (Phi) is 48.1. The number of nitrogens with one attached hydrogen (secondary N) is 1. The molecule has 362 valence electrons. The molecule has 0 aromatic heterocycles. The highest BCUT2D eigenvalue weighted by Gasteiger charge is 2.24. The molecule has 0 saturated carbocycles. The van der Waals surface area contributed by atoms with Gasteiger partial charge in [-0.3, -0.25) is 9.59 Å². The predicted molar refractivity (Wildman–Crippen MR) is 269 cm³/mol. The monoisotopic (exact) mass is 870 g/mol. The minimum absolute atomic E-state index is 0.0575. The fourth-order valence-corrected chi connectivity index (χ4v) is 8.02. The van der Waals surface area contributed by atoms with Gasteiger partial charge in [0.1, 0.15) is 6.10 Å². The van der Waals surface area contributed by atoms with E-state index in [0.29, 0.717) is 19.3 Å². The lowest BCUT2D eigenvalue weighted by atomic mass is 10.0. The van der Waals surface area contributed by atoms with Crippen LogP contribution >= 0.6 is 0 Å². The average molecular weight is 870 g/mol. The molecule has 0 rings (SSSR count). The highest BCUT2D eigenvalue weighted by atomic mass is 16.5. The Morgan fingerprint density at radius 2 is 0.823 bits per heavy atom. The minimum atomic E-state index is -0.796. The first-order valence-corrected chi connectivity index (χ1v) is 26.9. The third-order valence-electron chi connectivity index (χ3n) is 12.1. The van der Waals surface area contributed by atoms with E-state index in [9.17, 15) is 19.8 Å². The second kappa shape index (κ2) is 49.8. The summed E-state index contributed by atoms with van der Waals surface area (Å²) in [6.45, 7) is 6.45. The van der Waals surface area contributed by atoms with E-state index in [1.807, 2.05) is 0 Å². The van der Waals surface area contributed by atoms with Crippen LogP contribution in [0.2, 0.25) is 0 Å². The lowest BCUT2D eigenvalue weighted by molar-refractivity contribution is -0.151. The van der Waals surface area contributed by atoms with Gasteiger partial charge in [-0.15, -0.1) is 0 Å². The number of aliphatic hydroxyl groups excluding tert-OH is 2. The molecule has 6 heteroatoms. The standard InChI is InChI=1S/C56H103NO5/c1-4-7-10-13-16-19-22-25-26-27-28-31-32-35-38-41-44-47-52(62-56(61)49-46-43-40-37-34-30-24-21-18-15-12-9-6-3)50-55(60)57-53(51-58)54(59)48-45-42-39-36-33-29-23-20-17-14-11-8-5-2/h16,19,25-26,28,30-31,34,52-54,58-59H,4-15,17-18,20-24,27,29,32-33,35-51H2,1-3H3,(H,57,60)/b19-16-,26-25-,31-28-,34-30-. The van der Waals surface area contributed by atoms with Crippen LogP contribution in [0, 0.1) is 0 Å². The van der Waals surface area contributed by atoms with Crippen LogP contribution < -0.4 is 5.32 Å². The average Bonchev–Trinajstić information content (AvgIpc) is 3.26. The lowest BCUT2D eigenvalue weighted by Crippen LogP contribution is -2.46. The first-order chi connectivity index (χ1) is 30.5. The number of aliphatic hydroxyl groups is 2. The molecule has 0 radical (unpaired) electrons. The predicted octanol–water partition coefficient (Wildman–Crippen LogP) is 16.2. The van der Waals surface area contributed by atoms with E-state index in [-0.39, 0.29) is 24.9 Å². The topological polar surface area (TPSA) is 95.9 Å². The van der Waals surface area contributed by atoms with Gasteiger partial charge in [-0.2, -0.15) is 0 Å². The first kappa shape index (κ1) is 59.8. The smallest absolute Gasteiger partial charge is 0.306 e. The molecule has 1 amide bonds. The molecule has 0 aliphatic heterocycles. The van der Waals surface area contributed by atoms with Crippen LogP contribution in [-0.4, -0.2) is 46.9 Å². The Labute approximate surface area is 385 Å². The van der Waals surface area contributed by atoms with Gasteiger partial charge in [0.2, 0.25) is 5.91 Å². The zero-order chi connectivity index (χ0) is 45.2. The molecule has 0 aromatic carbocycles. The highest BCUT2D eigenvalue weighted by Crippen LogP contribution is 2.17. The Bertz CT molecular complexity index is 1070. The summed E-state index contributed by atoms with van der Waals surface area (Å²) < 4.78 is 5.93. The van der Waals surface area contributed by atoms with E-state index in [2.05, 4.69) is 74.7 Å². The summed E-state index contributed by atoms with van der Waals surface area (Å²) >= 11 is 0. The Morgan fingerprint density at radius 3 is 1.29 bits per heavy atom. The van der Waals surface area contributed by atoms with Gasteiger partial charge in [-0.1, -0.05) is 217 Å². The zero-order valence-corrected chi connectivity index (χ0v) is 41.3. The molecule has 0 spiro atoms. The zero-order valence-electron chi connectivity index (χ0n) is 41.3. The fourth-order valence-electron chi connectivity index (χ4n) is 8.02. The van der Waals surface area contributed by atoms with Gasteiger partial charge in [0.05, 0.1) is 25.2 Å². The van der Waals surface area contributed by atoms with Crippen molar-refractivity contribution in [3.05, 3.63) is 48.6 Å².